The van der Waals surface area contributed by atoms with Crippen LogP contribution in [-0.4, -0.2) is 38.1 Å². The number of hydrogen-bond acceptors (Lipinski definition) is 7. The molecule has 0 spiro atoms. The van der Waals surface area contributed by atoms with Gasteiger partial charge in [0.2, 0.25) is 12.7 Å². The fraction of sp³-hybridized carbons (Fsp3) is 0.273. The molecule has 2 N–H and O–H groups in total. The van der Waals surface area contributed by atoms with Gasteiger partial charge in [0.1, 0.15) is 11.3 Å². The Labute approximate surface area is 172 Å². The number of ether oxygens (including phenoxy) is 3. The Kier molecular flexibility index (Phi) is 5.58. The summed E-state index contributed by atoms with van der Waals surface area (Å²) in [5.74, 6) is -0.283. The van der Waals surface area contributed by atoms with Gasteiger partial charge in [-0.15, -0.1) is 0 Å². The number of phenols is 1. The number of aromatic hydroxyl groups is 1. The minimum absolute atomic E-state index is 0.0402. The first kappa shape index (κ1) is 19.8. The quantitative estimate of drug-likeness (QED) is 0.575. The highest BCUT2D eigenvalue weighted by Gasteiger charge is 2.28. The van der Waals surface area contributed by atoms with Crippen LogP contribution in [-0.2, 0) is 9.53 Å². The first-order valence-corrected chi connectivity index (χ1v) is 9.47. The van der Waals surface area contributed by atoms with Crippen molar-refractivity contribution in [1.82, 2.24) is 5.32 Å². The van der Waals surface area contributed by atoms with Crippen LogP contribution in [0.15, 0.2) is 51.9 Å². The van der Waals surface area contributed by atoms with Gasteiger partial charge in [0.25, 0.3) is 0 Å². The number of carbonyl (C=O) groups is 1. The Bertz CT molecular complexity index is 1140. The molecular weight excluding hydrogens is 390 g/mol. The van der Waals surface area contributed by atoms with Gasteiger partial charge in [0, 0.05) is 43.2 Å². The van der Waals surface area contributed by atoms with Crippen LogP contribution in [0.4, 0.5) is 0 Å². The Morgan fingerprint density at radius 1 is 1.20 bits per heavy atom. The van der Waals surface area contributed by atoms with E-state index >= 15 is 0 Å². The van der Waals surface area contributed by atoms with E-state index in [1.54, 1.807) is 37.4 Å². The van der Waals surface area contributed by atoms with E-state index in [0.717, 1.165) is 0 Å². The van der Waals surface area contributed by atoms with Crippen molar-refractivity contribution in [1.29, 1.82) is 0 Å². The number of fused-ring (bicyclic) bond motifs is 2. The predicted octanol–water partition coefficient (Wildman–Crippen LogP) is 2.51. The smallest absolute Gasteiger partial charge is 0.231 e. The summed E-state index contributed by atoms with van der Waals surface area (Å²) in [6.45, 7) is 0.740. The summed E-state index contributed by atoms with van der Waals surface area (Å²) in [7, 11) is 1.54. The number of para-hydroxylation sites is 1. The number of hydrogen-bond donors (Lipinski definition) is 2. The third-order valence-electron chi connectivity index (χ3n) is 5.00. The number of phenolic OH excluding ortho intramolecular Hbond substituents is 1. The van der Waals surface area contributed by atoms with E-state index in [9.17, 15) is 14.7 Å². The molecule has 1 amide bonds. The molecular formula is C22H21NO7. The molecule has 0 aliphatic carbocycles. The molecule has 2 aromatic carbocycles. The molecule has 1 aliphatic heterocycles. The van der Waals surface area contributed by atoms with Crippen LogP contribution < -0.4 is 20.2 Å². The van der Waals surface area contributed by atoms with Gasteiger partial charge in [-0.1, -0.05) is 12.1 Å². The van der Waals surface area contributed by atoms with E-state index in [-0.39, 0.29) is 35.9 Å². The van der Waals surface area contributed by atoms with Crippen molar-refractivity contribution >= 4 is 16.9 Å². The molecule has 0 unspecified atom stereocenters. The molecule has 0 radical (unpaired) electrons. The third-order valence-corrected chi connectivity index (χ3v) is 5.00. The van der Waals surface area contributed by atoms with Crippen LogP contribution in [0.3, 0.4) is 0 Å². The van der Waals surface area contributed by atoms with Crippen LogP contribution in [0.5, 0.6) is 17.2 Å². The SMILES string of the molecule is COCCNC(=O)C[C@H](c1cc2c(cc1O)OCO2)c1coc2ccccc2c1=O. The summed E-state index contributed by atoms with van der Waals surface area (Å²) in [5, 5.41) is 13.8. The van der Waals surface area contributed by atoms with Gasteiger partial charge in [0.15, 0.2) is 16.9 Å². The highest BCUT2D eigenvalue weighted by atomic mass is 16.7. The number of amides is 1. The molecule has 8 heteroatoms. The summed E-state index contributed by atoms with van der Waals surface area (Å²) in [6, 6.07) is 9.91. The lowest BCUT2D eigenvalue weighted by Crippen LogP contribution is -2.29. The molecule has 3 aromatic rings. The zero-order chi connectivity index (χ0) is 21.1. The van der Waals surface area contributed by atoms with Crippen molar-refractivity contribution in [2.45, 2.75) is 12.3 Å². The fourth-order valence-corrected chi connectivity index (χ4v) is 3.50. The Morgan fingerprint density at radius 2 is 1.97 bits per heavy atom. The average Bonchev–Trinajstić information content (AvgIpc) is 3.20. The van der Waals surface area contributed by atoms with Crippen LogP contribution in [0.2, 0.25) is 0 Å². The first-order chi connectivity index (χ1) is 14.6. The van der Waals surface area contributed by atoms with Crippen molar-refractivity contribution in [3.8, 4) is 17.2 Å². The molecule has 8 nitrogen and oxygen atoms in total. The zero-order valence-electron chi connectivity index (χ0n) is 16.3. The minimum Gasteiger partial charge on any atom is -0.508 e. The highest BCUT2D eigenvalue weighted by molar-refractivity contribution is 5.80. The Balaban J connectivity index is 1.78. The van der Waals surface area contributed by atoms with Gasteiger partial charge in [-0.25, -0.2) is 0 Å². The first-order valence-electron chi connectivity index (χ1n) is 9.47. The van der Waals surface area contributed by atoms with E-state index in [1.807, 2.05) is 0 Å². The summed E-state index contributed by atoms with van der Waals surface area (Å²) < 4.78 is 21.3. The highest BCUT2D eigenvalue weighted by Crippen LogP contribution is 2.42. The summed E-state index contributed by atoms with van der Waals surface area (Å²) in [5.41, 5.74) is 0.835. The van der Waals surface area contributed by atoms with Gasteiger partial charge < -0.3 is 29.1 Å². The normalized spacial score (nSPS) is 13.4. The standard InChI is InChI=1S/C22H21NO7/c1-27-7-6-23-21(25)9-14(15-8-19-20(10-17(15)24)30-12-29-19)16-11-28-18-5-3-2-4-13(18)22(16)26/h2-5,8,10-11,14,24H,6-7,9,12H2,1H3,(H,23,25)/t14-/m1/s1. The number of nitrogens with one attached hydrogen (secondary N) is 1. The molecule has 30 heavy (non-hydrogen) atoms. The van der Waals surface area contributed by atoms with Gasteiger partial charge in [0.05, 0.1) is 18.3 Å². The van der Waals surface area contributed by atoms with Gasteiger partial charge in [-0.05, 0) is 18.2 Å². The maximum Gasteiger partial charge on any atom is 0.231 e. The van der Waals surface area contributed by atoms with Crippen molar-refractivity contribution in [3.05, 3.63) is 64.0 Å². The predicted molar refractivity (Wildman–Crippen MR) is 108 cm³/mol. The lowest BCUT2D eigenvalue weighted by atomic mass is 9.87. The largest absolute Gasteiger partial charge is 0.508 e. The second-order valence-corrected chi connectivity index (χ2v) is 6.88. The second-order valence-electron chi connectivity index (χ2n) is 6.88. The van der Waals surface area contributed by atoms with Crippen LogP contribution in [0.1, 0.15) is 23.5 Å². The molecule has 0 saturated carbocycles. The monoisotopic (exact) mass is 411 g/mol. The van der Waals surface area contributed by atoms with Gasteiger partial charge in [-0.2, -0.15) is 0 Å². The molecule has 0 bridgehead atoms. The number of rotatable bonds is 7. The number of methoxy groups -OCH3 is 1. The lowest BCUT2D eigenvalue weighted by Gasteiger charge is -2.19. The molecule has 1 aliphatic rings. The summed E-state index contributed by atoms with van der Waals surface area (Å²) in [4.78, 5) is 25.7. The second kappa shape index (κ2) is 8.46. The molecule has 0 fully saturated rings. The molecule has 4 rings (SSSR count). The van der Waals surface area contributed by atoms with Gasteiger partial charge >= 0.3 is 0 Å². The minimum atomic E-state index is -0.747. The van der Waals surface area contributed by atoms with Crippen molar-refractivity contribution < 1.29 is 28.5 Å². The van der Waals surface area contributed by atoms with E-state index in [1.165, 1.54) is 12.3 Å². The maximum absolute atomic E-state index is 13.2. The van der Waals surface area contributed by atoms with Crippen molar-refractivity contribution in [2.75, 3.05) is 27.1 Å². The van der Waals surface area contributed by atoms with Crippen LogP contribution in [0.25, 0.3) is 11.0 Å². The van der Waals surface area contributed by atoms with E-state index in [2.05, 4.69) is 5.32 Å². The van der Waals surface area contributed by atoms with Crippen molar-refractivity contribution in [3.63, 3.8) is 0 Å². The molecule has 0 saturated heterocycles. The fourth-order valence-electron chi connectivity index (χ4n) is 3.50. The topological polar surface area (TPSA) is 107 Å². The molecule has 1 aromatic heterocycles. The van der Waals surface area contributed by atoms with Crippen LogP contribution >= 0.6 is 0 Å². The maximum atomic E-state index is 13.2. The molecule has 156 valence electrons. The number of carbonyl (C=O) groups excluding carboxylic acids is 1. The van der Waals surface area contributed by atoms with Crippen LogP contribution in [0, 0.1) is 0 Å². The van der Waals surface area contributed by atoms with E-state index in [0.29, 0.717) is 41.2 Å². The molecule has 2 heterocycles. The van der Waals surface area contributed by atoms with Gasteiger partial charge in [-0.3, -0.25) is 9.59 Å². The summed E-state index contributed by atoms with van der Waals surface area (Å²) >= 11 is 0. The Morgan fingerprint density at radius 3 is 2.77 bits per heavy atom. The van der Waals surface area contributed by atoms with Crippen molar-refractivity contribution in [2.24, 2.45) is 0 Å². The molecule has 1 atom stereocenters. The Hall–Kier alpha value is -3.52. The summed E-state index contributed by atoms with van der Waals surface area (Å²) in [6.07, 6.45) is 1.28. The van der Waals surface area contributed by atoms with E-state index < -0.39 is 5.92 Å². The third kappa shape index (κ3) is 3.81. The number of benzene rings is 2. The average molecular weight is 411 g/mol. The zero-order valence-corrected chi connectivity index (χ0v) is 16.3. The lowest BCUT2D eigenvalue weighted by molar-refractivity contribution is -0.121. The van der Waals surface area contributed by atoms with E-state index in [4.69, 9.17) is 18.6 Å².